The molecule has 3 saturated heterocycles. The topological polar surface area (TPSA) is 91.4 Å². The molecule has 0 unspecified atom stereocenters. The number of amides is 2. The molecule has 4 atom stereocenters. The Balaban J connectivity index is 1.02. The summed E-state index contributed by atoms with van der Waals surface area (Å²) in [4.78, 5) is 51.3. The van der Waals surface area contributed by atoms with Gasteiger partial charge in [-0.2, -0.15) is 5.06 Å². The number of piperidine rings is 1. The van der Waals surface area contributed by atoms with E-state index < -0.39 is 23.6 Å². The van der Waals surface area contributed by atoms with E-state index in [-0.39, 0.29) is 24.3 Å². The summed E-state index contributed by atoms with van der Waals surface area (Å²) in [5.74, 6) is 0.677. The minimum Gasteiger partial charge on any atom is -0.461 e. The van der Waals surface area contributed by atoms with Crippen molar-refractivity contribution in [3.05, 3.63) is 108 Å². The van der Waals surface area contributed by atoms with Crippen molar-refractivity contribution in [2.75, 3.05) is 45.9 Å². The van der Waals surface area contributed by atoms with Crippen LogP contribution in [0, 0.1) is 11.8 Å². The van der Waals surface area contributed by atoms with Crippen molar-refractivity contribution >= 4 is 17.8 Å². The number of carbonyl (C=O) groups is 3. The minimum atomic E-state index is -0.663. The highest BCUT2D eigenvalue weighted by atomic mass is 16.7. The van der Waals surface area contributed by atoms with Gasteiger partial charge >= 0.3 is 5.97 Å². The lowest BCUT2D eigenvalue weighted by Gasteiger charge is -2.37. The summed E-state index contributed by atoms with van der Waals surface area (Å²) in [6, 6.07) is 30.3. The number of hydrogen-bond donors (Lipinski definition) is 1. The number of carbonyl (C=O) groups excluding carboxylic acids is 3. The molecule has 1 aliphatic carbocycles. The Hall–Kier alpha value is -4.05. The molecule has 2 amide bonds. The van der Waals surface area contributed by atoms with Gasteiger partial charge in [-0.15, -0.1) is 0 Å². The van der Waals surface area contributed by atoms with E-state index in [1.807, 2.05) is 18.2 Å². The van der Waals surface area contributed by atoms with E-state index in [1.54, 1.807) is 9.96 Å². The predicted molar refractivity (Wildman–Crippen MR) is 214 cm³/mol. The van der Waals surface area contributed by atoms with Crippen molar-refractivity contribution in [2.24, 2.45) is 11.8 Å². The largest absolute Gasteiger partial charge is 0.461 e. The lowest BCUT2D eigenvalue weighted by Crippen LogP contribution is -2.53. The molecule has 4 aliphatic rings. The minimum absolute atomic E-state index is 0.0596. The summed E-state index contributed by atoms with van der Waals surface area (Å²) in [7, 11) is 0. The number of rotatable bonds is 14. The second-order valence-electron chi connectivity index (χ2n) is 16.4. The van der Waals surface area contributed by atoms with Crippen LogP contribution in [0.1, 0.15) is 94.2 Å². The van der Waals surface area contributed by atoms with Crippen molar-refractivity contribution in [2.45, 2.75) is 101 Å². The second kappa shape index (κ2) is 18.7. The SMILES string of the molecule is CC(=O)O[C@H]1C[C@@H](C(=O)N2CCC[C@@H]2C(=O)NC[C@H]2CCCN(CC3CCCCC3)C2)N(OCCC(c2ccccc2)(c2ccccc2)c2ccccc2)C1. The quantitative estimate of drug-likeness (QED) is 0.144. The number of nitrogens with one attached hydrogen (secondary N) is 1. The van der Waals surface area contributed by atoms with Gasteiger partial charge in [-0.25, -0.2) is 0 Å². The van der Waals surface area contributed by atoms with Crippen LogP contribution in [0.15, 0.2) is 91.0 Å². The molecule has 3 aliphatic heterocycles. The number of likely N-dealkylation sites (tertiary alicyclic amines) is 2. The maximum Gasteiger partial charge on any atom is 0.302 e. The fourth-order valence-electron chi connectivity index (χ4n) is 9.95. The monoisotopic (exact) mass is 748 g/mol. The average Bonchev–Trinajstić information content (AvgIpc) is 3.88. The van der Waals surface area contributed by atoms with Crippen LogP contribution in [-0.4, -0.2) is 96.7 Å². The van der Waals surface area contributed by atoms with Crippen molar-refractivity contribution < 1.29 is 24.0 Å². The van der Waals surface area contributed by atoms with Gasteiger partial charge in [0, 0.05) is 44.9 Å². The molecule has 0 radical (unpaired) electrons. The molecule has 0 bridgehead atoms. The first-order valence-electron chi connectivity index (χ1n) is 20.9. The van der Waals surface area contributed by atoms with Crippen molar-refractivity contribution in [3.63, 3.8) is 0 Å². The Morgan fingerprint density at radius 3 is 1.93 bits per heavy atom. The van der Waals surface area contributed by atoms with E-state index >= 15 is 0 Å². The molecule has 3 aromatic rings. The van der Waals surface area contributed by atoms with Crippen LogP contribution < -0.4 is 5.32 Å². The molecule has 0 spiro atoms. The number of hydroxylamine groups is 2. The maximum absolute atomic E-state index is 14.4. The lowest BCUT2D eigenvalue weighted by molar-refractivity contribution is -0.187. The highest BCUT2D eigenvalue weighted by molar-refractivity contribution is 5.90. The molecule has 0 aromatic heterocycles. The molecule has 9 heteroatoms. The zero-order valence-corrected chi connectivity index (χ0v) is 32.7. The highest BCUT2D eigenvalue weighted by Crippen LogP contribution is 2.42. The number of benzene rings is 3. The zero-order valence-electron chi connectivity index (χ0n) is 32.7. The molecule has 4 fully saturated rings. The van der Waals surface area contributed by atoms with Crippen LogP contribution >= 0.6 is 0 Å². The Morgan fingerprint density at radius 2 is 1.31 bits per heavy atom. The van der Waals surface area contributed by atoms with Gasteiger partial charge in [0.1, 0.15) is 18.2 Å². The molecular formula is C46H60N4O5. The molecular weight excluding hydrogens is 689 g/mol. The van der Waals surface area contributed by atoms with Crippen molar-refractivity contribution in [1.29, 1.82) is 0 Å². The smallest absolute Gasteiger partial charge is 0.302 e. The molecule has 3 aromatic carbocycles. The average molecular weight is 749 g/mol. The van der Waals surface area contributed by atoms with E-state index in [1.165, 1.54) is 52.0 Å². The van der Waals surface area contributed by atoms with Crippen LogP contribution in [0.4, 0.5) is 0 Å². The van der Waals surface area contributed by atoms with E-state index in [2.05, 4.69) is 83.0 Å². The van der Waals surface area contributed by atoms with Gasteiger partial charge in [0.15, 0.2) is 0 Å². The van der Waals surface area contributed by atoms with E-state index in [9.17, 15) is 14.4 Å². The van der Waals surface area contributed by atoms with Crippen LogP contribution in [0.3, 0.4) is 0 Å². The number of ether oxygens (including phenoxy) is 1. The van der Waals surface area contributed by atoms with Crippen molar-refractivity contribution in [3.8, 4) is 0 Å². The van der Waals surface area contributed by atoms with Crippen LogP contribution in [0.25, 0.3) is 0 Å². The molecule has 1 N–H and O–H groups in total. The summed E-state index contributed by atoms with van der Waals surface area (Å²) in [5, 5.41) is 4.98. The van der Waals surface area contributed by atoms with Crippen molar-refractivity contribution in [1.82, 2.24) is 20.2 Å². The van der Waals surface area contributed by atoms with E-state index in [4.69, 9.17) is 9.57 Å². The summed E-state index contributed by atoms with van der Waals surface area (Å²) < 4.78 is 5.66. The third-order valence-electron chi connectivity index (χ3n) is 12.6. The third kappa shape index (κ3) is 9.50. The van der Waals surface area contributed by atoms with Gasteiger partial charge in [-0.3, -0.25) is 19.2 Å². The van der Waals surface area contributed by atoms with E-state index in [0.717, 1.165) is 48.5 Å². The first kappa shape index (κ1) is 39.2. The van der Waals surface area contributed by atoms with Crippen LogP contribution in [0.5, 0.6) is 0 Å². The Labute approximate surface area is 327 Å². The van der Waals surface area contributed by atoms with Gasteiger partial charge in [-0.05, 0) is 80.0 Å². The lowest BCUT2D eigenvalue weighted by atomic mass is 9.67. The van der Waals surface area contributed by atoms with Gasteiger partial charge in [0.2, 0.25) is 11.8 Å². The molecule has 55 heavy (non-hydrogen) atoms. The first-order valence-corrected chi connectivity index (χ1v) is 20.9. The third-order valence-corrected chi connectivity index (χ3v) is 12.6. The van der Waals surface area contributed by atoms with Gasteiger partial charge in [-0.1, -0.05) is 110 Å². The normalized spacial score (nSPS) is 24.1. The zero-order chi connectivity index (χ0) is 38.0. The number of hydrogen-bond acceptors (Lipinski definition) is 7. The summed E-state index contributed by atoms with van der Waals surface area (Å²) >= 11 is 0. The Kier molecular flexibility index (Phi) is 13.3. The van der Waals surface area contributed by atoms with Crippen LogP contribution in [0.2, 0.25) is 0 Å². The second-order valence-corrected chi connectivity index (χ2v) is 16.4. The maximum atomic E-state index is 14.4. The fraction of sp³-hybridized carbons (Fsp3) is 0.543. The summed E-state index contributed by atoms with van der Waals surface area (Å²) in [6.07, 6.45) is 11.0. The van der Waals surface area contributed by atoms with Gasteiger partial charge in [0.05, 0.1) is 13.2 Å². The van der Waals surface area contributed by atoms with Crippen LogP contribution in [-0.2, 0) is 29.4 Å². The van der Waals surface area contributed by atoms with Gasteiger partial charge < -0.3 is 19.9 Å². The Morgan fingerprint density at radius 1 is 0.709 bits per heavy atom. The molecule has 1 saturated carbocycles. The molecule has 9 nitrogen and oxygen atoms in total. The fourth-order valence-corrected chi connectivity index (χ4v) is 9.95. The number of esters is 1. The highest BCUT2D eigenvalue weighted by Gasteiger charge is 2.46. The number of nitrogens with zero attached hydrogens (tertiary/aromatic N) is 3. The summed E-state index contributed by atoms with van der Waals surface area (Å²) in [6.45, 7) is 6.57. The summed E-state index contributed by atoms with van der Waals surface area (Å²) in [5.41, 5.74) is 2.94. The van der Waals surface area contributed by atoms with Gasteiger partial charge in [0.25, 0.3) is 0 Å². The first-order chi connectivity index (χ1) is 26.9. The molecule has 294 valence electrons. The molecule has 3 heterocycles. The molecule has 7 rings (SSSR count). The predicted octanol–water partition coefficient (Wildman–Crippen LogP) is 6.75. The standard InChI is InChI=1S/C46H60N4O5/c1-35(51)55-41-30-43(45(53)49-28-15-25-42(49)44(52)47-31-37-18-14-27-48(33-37)32-36-16-6-2-7-17-36)50(34-41)54-29-26-46(38-19-8-3-9-20-38,39-21-10-4-11-22-39)40-23-12-5-13-24-40/h3-5,8-13,19-24,36-37,41-43H,2,6-7,14-18,25-34H2,1H3,(H,47,52)/t37-,41+,42-,43+/m1/s1. The van der Waals surface area contributed by atoms with E-state index in [0.29, 0.717) is 44.9 Å². The Bertz CT molecular complexity index is 1590.